The minimum Gasteiger partial charge on any atom is -0.493 e. The topological polar surface area (TPSA) is 98.7 Å². The lowest BCUT2D eigenvalue weighted by Crippen LogP contribution is -2.44. The highest BCUT2D eigenvalue weighted by Crippen LogP contribution is 2.28. The maximum Gasteiger partial charge on any atom is 0.421 e. The number of rotatable bonds is 8. The van der Waals surface area contributed by atoms with E-state index in [9.17, 15) is 27.6 Å². The number of alkyl halides is 3. The first-order chi connectivity index (χ1) is 14.7. The molecule has 1 aromatic heterocycles. The first-order valence-corrected chi connectivity index (χ1v) is 9.34. The molecule has 0 aliphatic rings. The molecular weight excluding hydrogens is 419 g/mol. The van der Waals surface area contributed by atoms with E-state index in [0.717, 1.165) is 25.1 Å². The number of ether oxygens (including phenoxy) is 2. The lowest BCUT2D eigenvalue weighted by atomic mass is 10.2. The van der Waals surface area contributed by atoms with E-state index in [4.69, 9.17) is 9.47 Å². The highest BCUT2D eigenvalue weighted by atomic mass is 19.4. The van der Waals surface area contributed by atoms with Crippen molar-refractivity contribution < 1.29 is 32.2 Å². The van der Waals surface area contributed by atoms with Gasteiger partial charge in [0.2, 0.25) is 0 Å². The molecule has 1 aromatic carbocycles. The number of aromatic nitrogens is 1. The summed E-state index contributed by atoms with van der Waals surface area (Å²) in [6.07, 6.45) is -1.99. The van der Waals surface area contributed by atoms with Crippen LogP contribution in [0.15, 0.2) is 41.3 Å². The van der Waals surface area contributed by atoms with Crippen LogP contribution in [0, 0.1) is 0 Å². The van der Waals surface area contributed by atoms with Gasteiger partial charge in [-0.15, -0.1) is 0 Å². The molecule has 11 heteroatoms. The van der Waals surface area contributed by atoms with Gasteiger partial charge >= 0.3 is 6.18 Å². The Kier molecular flexibility index (Phi) is 8.06. The number of nitrogens with one attached hydrogen (secondary N) is 2. The number of carbonyl (C=O) groups is 2. The Hall–Kier alpha value is -3.50. The molecule has 2 rings (SSSR count). The van der Waals surface area contributed by atoms with Gasteiger partial charge in [0.05, 0.1) is 13.7 Å². The zero-order chi connectivity index (χ0) is 23.0. The Morgan fingerprint density at radius 1 is 1.13 bits per heavy atom. The molecule has 1 heterocycles. The van der Waals surface area contributed by atoms with Crippen molar-refractivity contribution in [2.45, 2.75) is 32.5 Å². The summed E-state index contributed by atoms with van der Waals surface area (Å²) in [5, 5.41) is 0. The van der Waals surface area contributed by atoms with Crippen LogP contribution in [0.1, 0.15) is 35.7 Å². The number of pyridine rings is 1. The molecule has 0 saturated carbocycles. The Balaban J connectivity index is 2.00. The van der Waals surface area contributed by atoms with Crippen LogP contribution in [0.3, 0.4) is 0 Å². The molecular formula is C20H22F3N3O5. The summed E-state index contributed by atoms with van der Waals surface area (Å²) >= 11 is 0. The van der Waals surface area contributed by atoms with Crippen molar-refractivity contribution in [3.63, 3.8) is 0 Å². The largest absolute Gasteiger partial charge is 0.493 e. The van der Waals surface area contributed by atoms with Crippen LogP contribution in [0.4, 0.5) is 13.2 Å². The maximum atomic E-state index is 12.8. The van der Waals surface area contributed by atoms with Gasteiger partial charge < -0.3 is 14.0 Å². The first-order valence-electron chi connectivity index (χ1n) is 9.34. The Labute approximate surface area is 175 Å². The molecule has 0 radical (unpaired) electrons. The average molecular weight is 441 g/mol. The quantitative estimate of drug-likeness (QED) is 0.485. The molecule has 2 amide bonds. The van der Waals surface area contributed by atoms with Gasteiger partial charge in [0.1, 0.15) is 12.1 Å². The fourth-order valence-corrected chi connectivity index (χ4v) is 2.52. The van der Waals surface area contributed by atoms with Gasteiger partial charge in [0.15, 0.2) is 11.5 Å². The van der Waals surface area contributed by atoms with Crippen LogP contribution >= 0.6 is 0 Å². The van der Waals surface area contributed by atoms with Gasteiger partial charge in [-0.2, -0.15) is 13.2 Å². The van der Waals surface area contributed by atoms with E-state index in [0.29, 0.717) is 28.7 Å². The Morgan fingerprint density at radius 2 is 1.87 bits per heavy atom. The number of hydrazine groups is 1. The van der Waals surface area contributed by atoms with Gasteiger partial charge in [-0.1, -0.05) is 13.3 Å². The van der Waals surface area contributed by atoms with E-state index in [1.165, 1.54) is 19.2 Å². The highest BCUT2D eigenvalue weighted by molar-refractivity contribution is 5.96. The summed E-state index contributed by atoms with van der Waals surface area (Å²) in [6.45, 7) is 1.80. The second-order valence-electron chi connectivity index (χ2n) is 6.42. The summed E-state index contributed by atoms with van der Waals surface area (Å²) < 4.78 is 49.8. The van der Waals surface area contributed by atoms with Crippen LogP contribution in [0.5, 0.6) is 11.5 Å². The van der Waals surface area contributed by atoms with E-state index in [1.807, 2.05) is 6.92 Å². The Morgan fingerprint density at radius 3 is 2.52 bits per heavy atom. The summed E-state index contributed by atoms with van der Waals surface area (Å²) in [7, 11) is 1.41. The number of benzene rings is 1. The van der Waals surface area contributed by atoms with E-state index in [-0.39, 0.29) is 5.56 Å². The molecule has 31 heavy (non-hydrogen) atoms. The van der Waals surface area contributed by atoms with Gasteiger partial charge in [-0.3, -0.25) is 25.2 Å². The number of unbranched alkanes of at least 4 members (excludes halogenated alkanes) is 1. The molecule has 0 aliphatic carbocycles. The second kappa shape index (κ2) is 10.5. The summed E-state index contributed by atoms with van der Waals surface area (Å²) in [4.78, 5) is 36.1. The zero-order valence-corrected chi connectivity index (χ0v) is 16.9. The van der Waals surface area contributed by atoms with Crippen molar-refractivity contribution in [3.8, 4) is 11.5 Å². The van der Waals surface area contributed by atoms with E-state index < -0.39 is 35.7 Å². The van der Waals surface area contributed by atoms with Crippen LogP contribution in [-0.2, 0) is 17.5 Å². The molecule has 0 unspecified atom stereocenters. The van der Waals surface area contributed by atoms with Crippen molar-refractivity contribution in [2.24, 2.45) is 0 Å². The fraction of sp³-hybridized carbons (Fsp3) is 0.350. The van der Waals surface area contributed by atoms with Gasteiger partial charge in [-0.05, 0) is 36.8 Å². The lowest BCUT2D eigenvalue weighted by molar-refractivity contribution is -0.139. The van der Waals surface area contributed by atoms with Crippen molar-refractivity contribution in [1.29, 1.82) is 0 Å². The van der Waals surface area contributed by atoms with E-state index >= 15 is 0 Å². The average Bonchev–Trinajstić information content (AvgIpc) is 2.73. The van der Waals surface area contributed by atoms with Crippen molar-refractivity contribution in [1.82, 2.24) is 15.4 Å². The molecule has 168 valence electrons. The highest BCUT2D eigenvalue weighted by Gasteiger charge is 2.34. The number of amides is 2. The van der Waals surface area contributed by atoms with Crippen molar-refractivity contribution in [2.75, 3.05) is 13.7 Å². The predicted octanol–water partition coefficient (Wildman–Crippen LogP) is 2.52. The zero-order valence-electron chi connectivity index (χ0n) is 16.9. The molecule has 0 bridgehead atoms. The third-order valence-corrected chi connectivity index (χ3v) is 4.14. The molecule has 2 N–H and O–H groups in total. The smallest absolute Gasteiger partial charge is 0.421 e. The van der Waals surface area contributed by atoms with Gasteiger partial charge in [0.25, 0.3) is 17.4 Å². The molecule has 2 aromatic rings. The van der Waals surface area contributed by atoms with Crippen LogP contribution in [0.2, 0.25) is 0 Å². The fourth-order valence-electron chi connectivity index (χ4n) is 2.52. The predicted molar refractivity (Wildman–Crippen MR) is 105 cm³/mol. The Bertz CT molecular complexity index is 989. The van der Waals surface area contributed by atoms with E-state index in [1.54, 1.807) is 6.07 Å². The van der Waals surface area contributed by atoms with Crippen LogP contribution in [0.25, 0.3) is 0 Å². The normalized spacial score (nSPS) is 11.0. The van der Waals surface area contributed by atoms with Crippen molar-refractivity contribution in [3.05, 3.63) is 58.0 Å². The number of halogens is 3. The number of nitrogens with zero attached hydrogens (tertiary/aromatic N) is 1. The summed E-state index contributed by atoms with van der Waals surface area (Å²) in [6, 6.07) is 6.06. The second-order valence-corrected chi connectivity index (χ2v) is 6.42. The molecule has 0 fully saturated rings. The molecule has 0 spiro atoms. The molecule has 0 atom stereocenters. The van der Waals surface area contributed by atoms with Gasteiger partial charge in [-0.25, -0.2) is 0 Å². The summed E-state index contributed by atoms with van der Waals surface area (Å²) in [5.41, 5.74) is 1.59. The standard InChI is InChI=1S/C20H22F3N3O5/c1-3-4-10-31-15-8-7-13(11-16(15)30-2)18(28)25-24-17(27)12-26-9-5-6-14(19(26)29)20(21,22)23/h5-9,11H,3-4,10,12H2,1-2H3,(H,24,27)(H,25,28). The van der Waals surface area contributed by atoms with Crippen molar-refractivity contribution >= 4 is 11.8 Å². The monoisotopic (exact) mass is 441 g/mol. The number of hydrogen-bond donors (Lipinski definition) is 2. The summed E-state index contributed by atoms with van der Waals surface area (Å²) in [5.74, 6) is -0.796. The number of carbonyl (C=O) groups excluding carboxylic acids is 2. The van der Waals surface area contributed by atoms with E-state index in [2.05, 4.69) is 10.9 Å². The molecule has 0 aliphatic heterocycles. The van der Waals surface area contributed by atoms with Gasteiger partial charge in [0, 0.05) is 11.8 Å². The van der Waals surface area contributed by atoms with Crippen LogP contribution in [-0.4, -0.2) is 30.1 Å². The molecule has 8 nitrogen and oxygen atoms in total. The first kappa shape index (κ1) is 23.8. The number of methoxy groups -OCH3 is 1. The third-order valence-electron chi connectivity index (χ3n) is 4.14. The molecule has 0 saturated heterocycles. The lowest BCUT2D eigenvalue weighted by Gasteiger charge is -2.13. The SMILES string of the molecule is CCCCOc1ccc(C(=O)NNC(=O)Cn2cccc(C(F)(F)F)c2=O)cc1OC. The number of hydrogen-bond acceptors (Lipinski definition) is 5. The minimum absolute atomic E-state index is 0.149. The van der Waals surface area contributed by atoms with Crippen LogP contribution < -0.4 is 25.9 Å². The maximum absolute atomic E-state index is 12.8. The third kappa shape index (κ3) is 6.49. The minimum atomic E-state index is -4.84.